The summed E-state index contributed by atoms with van der Waals surface area (Å²) >= 11 is 0. The predicted molar refractivity (Wildman–Crippen MR) is 75.8 cm³/mol. The molecule has 0 aromatic rings. The van der Waals surface area contributed by atoms with Crippen LogP contribution in [0.5, 0.6) is 0 Å². The van der Waals surface area contributed by atoms with Crippen LogP contribution in [0.15, 0.2) is 12.2 Å². The Morgan fingerprint density at radius 3 is 2.32 bits per heavy atom. The number of carbonyl (C=O) groups is 2. The summed E-state index contributed by atoms with van der Waals surface area (Å²) in [5.74, 6) is 0.135. The standard InChI is InChI=1S/C16H26O3/c1-12(2)15(18)19-11-14(17)10-16(3,4)13-8-6-5-7-9-13/h13H,1,5-11H2,2-4H3. The van der Waals surface area contributed by atoms with Crippen LogP contribution in [0.3, 0.4) is 0 Å². The third-order valence-corrected chi connectivity index (χ3v) is 4.08. The van der Waals surface area contributed by atoms with E-state index >= 15 is 0 Å². The van der Waals surface area contributed by atoms with Gasteiger partial charge in [-0.15, -0.1) is 0 Å². The van der Waals surface area contributed by atoms with Crippen molar-refractivity contribution in [1.82, 2.24) is 0 Å². The number of carbonyl (C=O) groups excluding carboxylic acids is 2. The molecule has 3 nitrogen and oxygen atoms in total. The summed E-state index contributed by atoms with van der Waals surface area (Å²) in [4.78, 5) is 23.2. The number of ketones is 1. The van der Waals surface area contributed by atoms with E-state index in [9.17, 15) is 9.59 Å². The van der Waals surface area contributed by atoms with E-state index < -0.39 is 5.97 Å². The molecule has 0 atom stereocenters. The molecule has 108 valence electrons. The first-order valence-electron chi connectivity index (χ1n) is 7.17. The Balaban J connectivity index is 2.41. The first-order chi connectivity index (χ1) is 8.83. The summed E-state index contributed by atoms with van der Waals surface area (Å²) in [5, 5.41) is 0. The van der Waals surface area contributed by atoms with Crippen molar-refractivity contribution in [3.05, 3.63) is 12.2 Å². The van der Waals surface area contributed by atoms with Crippen molar-refractivity contribution in [3.63, 3.8) is 0 Å². The molecule has 0 bridgehead atoms. The Bertz CT molecular complexity index is 349. The largest absolute Gasteiger partial charge is 0.454 e. The van der Waals surface area contributed by atoms with Gasteiger partial charge in [0.15, 0.2) is 5.78 Å². The lowest BCUT2D eigenvalue weighted by molar-refractivity contribution is -0.144. The molecule has 19 heavy (non-hydrogen) atoms. The molecule has 0 aliphatic heterocycles. The molecule has 0 aromatic carbocycles. The van der Waals surface area contributed by atoms with E-state index in [0.29, 0.717) is 17.9 Å². The number of ether oxygens (including phenoxy) is 1. The van der Waals surface area contributed by atoms with Gasteiger partial charge in [-0.2, -0.15) is 0 Å². The molecule has 0 N–H and O–H groups in total. The molecular weight excluding hydrogens is 240 g/mol. The topological polar surface area (TPSA) is 43.4 Å². The van der Waals surface area contributed by atoms with E-state index in [1.165, 1.54) is 32.1 Å². The fraction of sp³-hybridized carbons (Fsp3) is 0.750. The van der Waals surface area contributed by atoms with Crippen molar-refractivity contribution in [2.75, 3.05) is 6.61 Å². The Morgan fingerprint density at radius 2 is 1.79 bits per heavy atom. The maximum atomic E-state index is 11.9. The average Bonchev–Trinajstić information content (AvgIpc) is 2.36. The minimum Gasteiger partial charge on any atom is -0.454 e. The van der Waals surface area contributed by atoms with Crippen LogP contribution < -0.4 is 0 Å². The maximum Gasteiger partial charge on any atom is 0.333 e. The number of Topliss-reactive ketones (excluding diaryl/α,β-unsaturated/α-hetero) is 1. The van der Waals surface area contributed by atoms with Gasteiger partial charge in [-0.3, -0.25) is 4.79 Å². The summed E-state index contributed by atoms with van der Waals surface area (Å²) < 4.78 is 4.91. The monoisotopic (exact) mass is 266 g/mol. The van der Waals surface area contributed by atoms with E-state index in [-0.39, 0.29) is 17.8 Å². The zero-order valence-electron chi connectivity index (χ0n) is 12.5. The molecule has 3 heteroatoms. The molecule has 1 rings (SSSR count). The minimum absolute atomic E-state index is 0.00479. The Morgan fingerprint density at radius 1 is 1.21 bits per heavy atom. The van der Waals surface area contributed by atoms with Gasteiger partial charge in [-0.1, -0.05) is 39.7 Å². The highest BCUT2D eigenvalue weighted by Crippen LogP contribution is 2.40. The molecule has 1 saturated carbocycles. The summed E-state index contributed by atoms with van der Waals surface area (Å²) in [6.07, 6.45) is 6.77. The van der Waals surface area contributed by atoms with Crippen molar-refractivity contribution in [2.45, 2.75) is 59.3 Å². The molecule has 1 aliphatic carbocycles. The van der Waals surface area contributed by atoms with Gasteiger partial charge in [0, 0.05) is 12.0 Å². The second-order valence-corrected chi connectivity index (χ2v) is 6.40. The summed E-state index contributed by atoms with van der Waals surface area (Å²) in [6, 6.07) is 0. The van der Waals surface area contributed by atoms with Crippen LogP contribution in [0.1, 0.15) is 59.3 Å². The molecule has 0 heterocycles. The average molecular weight is 266 g/mol. The van der Waals surface area contributed by atoms with Crippen LogP contribution >= 0.6 is 0 Å². The number of esters is 1. The van der Waals surface area contributed by atoms with E-state index in [4.69, 9.17) is 4.74 Å². The SMILES string of the molecule is C=C(C)C(=O)OCC(=O)CC(C)(C)C1CCCCC1. The van der Waals surface area contributed by atoms with Crippen molar-refractivity contribution < 1.29 is 14.3 Å². The van der Waals surface area contributed by atoms with Crippen LogP contribution in [0.25, 0.3) is 0 Å². The molecule has 0 radical (unpaired) electrons. The fourth-order valence-electron chi connectivity index (χ4n) is 2.86. The van der Waals surface area contributed by atoms with Crippen LogP contribution in [0, 0.1) is 11.3 Å². The van der Waals surface area contributed by atoms with Crippen molar-refractivity contribution in [2.24, 2.45) is 11.3 Å². The normalized spacial score (nSPS) is 17.0. The van der Waals surface area contributed by atoms with Gasteiger partial charge in [-0.05, 0) is 31.1 Å². The third-order valence-electron chi connectivity index (χ3n) is 4.08. The highest BCUT2D eigenvalue weighted by atomic mass is 16.5. The van der Waals surface area contributed by atoms with Crippen LogP contribution in [0.2, 0.25) is 0 Å². The predicted octanol–water partition coefficient (Wildman–Crippen LogP) is 3.67. The van der Waals surface area contributed by atoms with E-state index in [1.54, 1.807) is 6.92 Å². The number of hydrogen-bond donors (Lipinski definition) is 0. The van der Waals surface area contributed by atoms with Gasteiger partial charge in [0.25, 0.3) is 0 Å². The van der Waals surface area contributed by atoms with Gasteiger partial charge in [0.05, 0.1) is 0 Å². The summed E-state index contributed by atoms with van der Waals surface area (Å²) in [7, 11) is 0. The first-order valence-corrected chi connectivity index (χ1v) is 7.17. The molecule has 1 fully saturated rings. The zero-order valence-corrected chi connectivity index (χ0v) is 12.5. The Labute approximate surface area is 116 Å². The maximum absolute atomic E-state index is 11.9. The Kier molecular flexibility index (Phi) is 5.77. The second-order valence-electron chi connectivity index (χ2n) is 6.40. The lowest BCUT2D eigenvalue weighted by Gasteiger charge is -2.36. The first kappa shape index (κ1) is 15.9. The highest BCUT2D eigenvalue weighted by molar-refractivity contribution is 5.89. The van der Waals surface area contributed by atoms with E-state index in [0.717, 1.165) is 0 Å². The molecule has 0 aromatic heterocycles. The van der Waals surface area contributed by atoms with Crippen LogP contribution in [-0.2, 0) is 14.3 Å². The minimum atomic E-state index is -0.483. The highest BCUT2D eigenvalue weighted by Gasteiger charge is 2.32. The molecular formula is C16H26O3. The molecule has 0 saturated heterocycles. The summed E-state index contributed by atoms with van der Waals surface area (Å²) in [6.45, 7) is 9.26. The number of rotatable bonds is 6. The van der Waals surface area contributed by atoms with Gasteiger partial charge < -0.3 is 4.74 Å². The molecule has 0 unspecified atom stereocenters. The van der Waals surface area contributed by atoms with E-state index in [2.05, 4.69) is 20.4 Å². The van der Waals surface area contributed by atoms with Gasteiger partial charge in [0.2, 0.25) is 0 Å². The van der Waals surface area contributed by atoms with Gasteiger partial charge >= 0.3 is 5.97 Å². The lowest BCUT2D eigenvalue weighted by atomic mass is 9.69. The lowest BCUT2D eigenvalue weighted by Crippen LogP contribution is -2.30. The van der Waals surface area contributed by atoms with Crippen molar-refractivity contribution >= 4 is 11.8 Å². The Hall–Kier alpha value is -1.12. The second kappa shape index (κ2) is 6.88. The van der Waals surface area contributed by atoms with Crippen LogP contribution in [-0.4, -0.2) is 18.4 Å². The van der Waals surface area contributed by atoms with Crippen molar-refractivity contribution in [1.29, 1.82) is 0 Å². The zero-order chi connectivity index (χ0) is 14.5. The molecule has 0 spiro atoms. The molecule has 1 aliphatic rings. The quantitative estimate of drug-likeness (QED) is 0.544. The number of hydrogen-bond acceptors (Lipinski definition) is 3. The summed E-state index contributed by atoms with van der Waals surface area (Å²) in [5.41, 5.74) is 0.340. The smallest absolute Gasteiger partial charge is 0.333 e. The van der Waals surface area contributed by atoms with Crippen LogP contribution in [0.4, 0.5) is 0 Å². The molecule has 0 amide bonds. The van der Waals surface area contributed by atoms with Gasteiger partial charge in [0.1, 0.15) is 6.61 Å². The van der Waals surface area contributed by atoms with Crippen molar-refractivity contribution in [3.8, 4) is 0 Å². The third kappa shape index (κ3) is 5.17. The van der Waals surface area contributed by atoms with E-state index in [1.807, 2.05) is 0 Å². The fourth-order valence-corrected chi connectivity index (χ4v) is 2.86. The van der Waals surface area contributed by atoms with Gasteiger partial charge in [-0.25, -0.2) is 4.79 Å².